The molecule has 1 amide bonds. The molecule has 0 unspecified atom stereocenters. The molecule has 7 nitrogen and oxygen atoms in total. The Morgan fingerprint density at radius 3 is 2.77 bits per heavy atom. The Labute approximate surface area is 184 Å². The Bertz CT molecular complexity index is 1080. The second kappa shape index (κ2) is 8.51. The normalized spacial score (nSPS) is 17.6. The molecule has 2 aliphatic heterocycles. The van der Waals surface area contributed by atoms with E-state index >= 15 is 0 Å². The Hall–Kier alpha value is -3.19. The number of likely N-dealkylation sites (tertiary alicyclic amines) is 1. The molecule has 0 saturated carbocycles. The first-order valence-electron chi connectivity index (χ1n) is 10.3. The number of aromatic amines is 1. The minimum atomic E-state index is 0.00121. The zero-order valence-electron chi connectivity index (χ0n) is 16.8. The molecule has 0 bridgehead atoms. The summed E-state index contributed by atoms with van der Waals surface area (Å²) in [6, 6.07) is 14.6. The van der Waals surface area contributed by atoms with Crippen LogP contribution in [-0.4, -0.2) is 47.3 Å². The number of nitrogens with zero attached hydrogens (tertiary/aromatic N) is 2. The molecule has 8 heteroatoms. The van der Waals surface area contributed by atoms with Crippen molar-refractivity contribution in [1.29, 1.82) is 0 Å². The van der Waals surface area contributed by atoms with Gasteiger partial charge >= 0.3 is 0 Å². The van der Waals surface area contributed by atoms with Gasteiger partial charge in [0.1, 0.15) is 25.6 Å². The summed E-state index contributed by atoms with van der Waals surface area (Å²) in [5.74, 6) is 2.26. The van der Waals surface area contributed by atoms with Crippen molar-refractivity contribution in [3.05, 3.63) is 70.5 Å². The van der Waals surface area contributed by atoms with Crippen LogP contribution >= 0.6 is 11.6 Å². The van der Waals surface area contributed by atoms with Gasteiger partial charge in [0.15, 0.2) is 11.5 Å². The molecule has 0 radical (unpaired) electrons. The van der Waals surface area contributed by atoms with Gasteiger partial charge < -0.3 is 19.1 Å². The van der Waals surface area contributed by atoms with Gasteiger partial charge in [0.2, 0.25) is 0 Å². The quantitative estimate of drug-likeness (QED) is 0.649. The van der Waals surface area contributed by atoms with Gasteiger partial charge in [-0.3, -0.25) is 9.89 Å². The number of fused-ring (bicyclic) bond motifs is 1. The van der Waals surface area contributed by atoms with E-state index in [4.69, 9.17) is 25.8 Å². The maximum Gasteiger partial charge on any atom is 0.254 e. The molecule has 31 heavy (non-hydrogen) atoms. The van der Waals surface area contributed by atoms with Crippen molar-refractivity contribution in [2.75, 3.05) is 26.3 Å². The number of hydrogen-bond donors (Lipinski definition) is 1. The van der Waals surface area contributed by atoms with Gasteiger partial charge in [-0.05, 0) is 55.0 Å². The lowest BCUT2D eigenvalue weighted by Crippen LogP contribution is -2.28. The molecule has 160 valence electrons. The lowest BCUT2D eigenvalue weighted by molar-refractivity contribution is 0.0789. The first-order valence-corrected chi connectivity index (χ1v) is 10.6. The molecule has 1 N–H and O–H groups in total. The van der Waals surface area contributed by atoms with Crippen molar-refractivity contribution >= 4 is 17.5 Å². The summed E-state index contributed by atoms with van der Waals surface area (Å²) in [5.41, 5.74) is 2.46. The fourth-order valence-corrected chi connectivity index (χ4v) is 4.03. The maximum atomic E-state index is 13.0. The second-order valence-electron chi connectivity index (χ2n) is 7.66. The van der Waals surface area contributed by atoms with Crippen LogP contribution in [0.1, 0.15) is 34.1 Å². The lowest BCUT2D eigenvalue weighted by atomic mass is 10.1. The van der Waals surface area contributed by atoms with E-state index in [1.165, 1.54) is 0 Å². The summed E-state index contributed by atoms with van der Waals surface area (Å²) in [7, 11) is 0. The molecule has 5 rings (SSSR count). The number of nitrogens with one attached hydrogen (secondary N) is 1. The van der Waals surface area contributed by atoms with E-state index in [-0.39, 0.29) is 11.8 Å². The fourth-order valence-electron chi connectivity index (χ4n) is 3.90. The summed E-state index contributed by atoms with van der Waals surface area (Å²) in [5, 5.41) is 8.16. The Morgan fingerprint density at radius 2 is 1.94 bits per heavy atom. The van der Waals surface area contributed by atoms with Crippen molar-refractivity contribution < 1.29 is 19.0 Å². The van der Waals surface area contributed by atoms with Crippen molar-refractivity contribution in [2.45, 2.75) is 18.9 Å². The van der Waals surface area contributed by atoms with Crippen molar-refractivity contribution in [1.82, 2.24) is 15.1 Å². The summed E-state index contributed by atoms with van der Waals surface area (Å²) in [4.78, 5) is 14.8. The number of carbonyl (C=O) groups is 1. The smallest absolute Gasteiger partial charge is 0.254 e. The van der Waals surface area contributed by atoms with Crippen LogP contribution in [0, 0.1) is 0 Å². The van der Waals surface area contributed by atoms with Crippen LogP contribution < -0.4 is 14.2 Å². The van der Waals surface area contributed by atoms with E-state index in [2.05, 4.69) is 10.2 Å². The van der Waals surface area contributed by atoms with Crippen LogP contribution in [0.4, 0.5) is 0 Å². The standard InChI is InChI=1S/C23H22ClN3O4/c24-17-2-4-19(5-3-17)31-14-18-12-20(26-25-18)16-7-8-27(13-16)23(28)15-1-6-21-22(11-15)30-10-9-29-21/h1-6,11-12,16H,7-10,13-14H2,(H,25,26)/t16-/m1/s1. The van der Waals surface area contributed by atoms with Crippen LogP contribution in [0.15, 0.2) is 48.5 Å². The number of ether oxygens (including phenoxy) is 3. The largest absolute Gasteiger partial charge is 0.487 e. The predicted octanol–water partition coefficient (Wildman–Crippen LogP) is 4.04. The third-order valence-electron chi connectivity index (χ3n) is 5.54. The highest BCUT2D eigenvalue weighted by Crippen LogP contribution is 2.33. The average Bonchev–Trinajstić information content (AvgIpc) is 3.48. The lowest BCUT2D eigenvalue weighted by Gasteiger charge is -2.20. The van der Waals surface area contributed by atoms with E-state index in [1.54, 1.807) is 30.3 Å². The van der Waals surface area contributed by atoms with E-state index in [1.807, 2.05) is 23.1 Å². The Balaban J connectivity index is 1.20. The number of H-pyrrole nitrogens is 1. The zero-order chi connectivity index (χ0) is 21.2. The molecule has 1 aromatic heterocycles. The van der Waals surface area contributed by atoms with Crippen molar-refractivity contribution in [2.24, 2.45) is 0 Å². The van der Waals surface area contributed by atoms with Gasteiger partial charge in [-0.2, -0.15) is 5.10 Å². The SMILES string of the molecule is O=C(c1ccc2c(c1)OCCO2)N1CC[C@@H](c2cc(COc3ccc(Cl)cc3)[nH]n2)C1. The molecule has 2 aromatic carbocycles. The van der Waals surface area contributed by atoms with Crippen LogP contribution in [0.2, 0.25) is 5.02 Å². The van der Waals surface area contributed by atoms with Gasteiger partial charge in [0, 0.05) is 29.6 Å². The fraction of sp³-hybridized carbons (Fsp3) is 0.304. The van der Waals surface area contributed by atoms with E-state index in [9.17, 15) is 4.79 Å². The van der Waals surface area contributed by atoms with Crippen LogP contribution in [0.3, 0.4) is 0 Å². The van der Waals surface area contributed by atoms with Crippen molar-refractivity contribution in [3.8, 4) is 17.2 Å². The first-order chi connectivity index (χ1) is 15.2. The molecule has 1 saturated heterocycles. The van der Waals surface area contributed by atoms with E-state index in [0.29, 0.717) is 55.0 Å². The van der Waals surface area contributed by atoms with Crippen LogP contribution in [-0.2, 0) is 6.61 Å². The van der Waals surface area contributed by atoms with E-state index in [0.717, 1.165) is 23.6 Å². The van der Waals surface area contributed by atoms with Gasteiger partial charge in [-0.1, -0.05) is 11.6 Å². The number of aromatic nitrogens is 2. The molecule has 3 aromatic rings. The summed E-state index contributed by atoms with van der Waals surface area (Å²) in [6.07, 6.45) is 0.874. The first kappa shape index (κ1) is 19.8. The van der Waals surface area contributed by atoms with Gasteiger partial charge in [0.05, 0.1) is 11.4 Å². The topological polar surface area (TPSA) is 76.7 Å². The minimum absolute atomic E-state index is 0.00121. The summed E-state index contributed by atoms with van der Waals surface area (Å²) >= 11 is 5.90. The number of carbonyl (C=O) groups excluding carboxylic acids is 1. The van der Waals surface area contributed by atoms with Crippen LogP contribution in [0.5, 0.6) is 17.2 Å². The predicted molar refractivity (Wildman–Crippen MR) is 115 cm³/mol. The number of hydrogen-bond acceptors (Lipinski definition) is 5. The number of rotatable bonds is 5. The molecule has 3 heterocycles. The molecule has 0 aliphatic carbocycles. The molecule has 1 fully saturated rings. The summed E-state index contributed by atoms with van der Waals surface area (Å²) in [6.45, 7) is 2.75. The summed E-state index contributed by atoms with van der Waals surface area (Å²) < 4.78 is 16.9. The minimum Gasteiger partial charge on any atom is -0.487 e. The highest BCUT2D eigenvalue weighted by molar-refractivity contribution is 6.30. The monoisotopic (exact) mass is 439 g/mol. The van der Waals surface area contributed by atoms with Gasteiger partial charge in [0.25, 0.3) is 5.91 Å². The second-order valence-corrected chi connectivity index (χ2v) is 8.09. The van der Waals surface area contributed by atoms with Crippen molar-refractivity contribution in [3.63, 3.8) is 0 Å². The average molecular weight is 440 g/mol. The zero-order valence-corrected chi connectivity index (χ0v) is 17.6. The van der Waals surface area contributed by atoms with Crippen LogP contribution in [0.25, 0.3) is 0 Å². The van der Waals surface area contributed by atoms with Gasteiger partial charge in [-0.25, -0.2) is 0 Å². The Morgan fingerprint density at radius 1 is 1.13 bits per heavy atom. The number of amides is 1. The van der Waals surface area contributed by atoms with Gasteiger partial charge in [-0.15, -0.1) is 0 Å². The molecule has 2 aliphatic rings. The molecular formula is C23H22ClN3O4. The molecule has 1 atom stereocenters. The Kier molecular flexibility index (Phi) is 5.42. The molecular weight excluding hydrogens is 418 g/mol. The highest BCUT2D eigenvalue weighted by Gasteiger charge is 2.30. The molecule has 0 spiro atoms. The van der Waals surface area contributed by atoms with E-state index < -0.39 is 0 Å². The third kappa shape index (κ3) is 4.32. The third-order valence-corrected chi connectivity index (χ3v) is 5.79. The highest BCUT2D eigenvalue weighted by atomic mass is 35.5. The number of benzene rings is 2. The maximum absolute atomic E-state index is 13.0. The number of halogens is 1.